The monoisotopic (exact) mass is 298 g/mol. The van der Waals surface area contributed by atoms with Crippen molar-refractivity contribution >= 4 is 5.78 Å². The van der Waals surface area contributed by atoms with E-state index in [4.69, 9.17) is 9.47 Å². The molecule has 2 aromatic carbocycles. The highest BCUT2D eigenvalue weighted by Gasteiger charge is 2.08. The summed E-state index contributed by atoms with van der Waals surface area (Å²) in [6, 6.07) is 16.4. The maximum absolute atomic E-state index is 12.3. The summed E-state index contributed by atoms with van der Waals surface area (Å²) in [5.41, 5.74) is 1.35. The standard InChI is InChI=1S/C19H22O3/c1-2-3-7-14-21-15-22-18-12-10-17(11-13-18)19(20)16-8-5-4-6-9-16/h4-6,8-13H,2-3,7,14-15H2,1H3. The van der Waals surface area contributed by atoms with Gasteiger partial charge in [-0.3, -0.25) is 4.79 Å². The summed E-state index contributed by atoms with van der Waals surface area (Å²) >= 11 is 0. The Morgan fingerprint density at radius 2 is 1.59 bits per heavy atom. The first-order valence-corrected chi connectivity index (χ1v) is 7.71. The summed E-state index contributed by atoms with van der Waals surface area (Å²) in [6.07, 6.45) is 3.42. The van der Waals surface area contributed by atoms with Crippen molar-refractivity contribution in [3.63, 3.8) is 0 Å². The molecule has 0 spiro atoms. The number of ether oxygens (including phenoxy) is 2. The minimum Gasteiger partial charge on any atom is -0.468 e. The Morgan fingerprint density at radius 1 is 0.909 bits per heavy atom. The van der Waals surface area contributed by atoms with Gasteiger partial charge in [-0.2, -0.15) is 0 Å². The number of ketones is 1. The molecule has 0 aliphatic carbocycles. The molecule has 0 unspecified atom stereocenters. The number of hydrogen-bond acceptors (Lipinski definition) is 3. The maximum atomic E-state index is 12.3. The van der Waals surface area contributed by atoms with Crippen LogP contribution in [-0.2, 0) is 4.74 Å². The molecule has 0 fully saturated rings. The van der Waals surface area contributed by atoms with Crippen molar-refractivity contribution in [2.24, 2.45) is 0 Å². The van der Waals surface area contributed by atoms with Gasteiger partial charge in [0, 0.05) is 11.1 Å². The largest absolute Gasteiger partial charge is 0.468 e. The highest BCUT2D eigenvalue weighted by molar-refractivity contribution is 6.08. The van der Waals surface area contributed by atoms with Crippen molar-refractivity contribution < 1.29 is 14.3 Å². The number of carbonyl (C=O) groups excluding carboxylic acids is 1. The van der Waals surface area contributed by atoms with Crippen LogP contribution in [0.1, 0.15) is 42.1 Å². The molecule has 116 valence electrons. The number of benzene rings is 2. The molecular weight excluding hydrogens is 276 g/mol. The molecule has 0 saturated heterocycles. The minimum absolute atomic E-state index is 0.0166. The van der Waals surface area contributed by atoms with Gasteiger partial charge >= 0.3 is 0 Å². The third-order valence-electron chi connectivity index (χ3n) is 3.35. The van der Waals surface area contributed by atoms with E-state index in [0.717, 1.165) is 13.0 Å². The zero-order valence-corrected chi connectivity index (χ0v) is 13.0. The van der Waals surface area contributed by atoms with Crippen molar-refractivity contribution in [1.29, 1.82) is 0 Å². The lowest BCUT2D eigenvalue weighted by Crippen LogP contribution is -2.05. The van der Waals surface area contributed by atoms with Crippen molar-refractivity contribution in [3.8, 4) is 5.75 Å². The Hall–Kier alpha value is -2.13. The zero-order valence-electron chi connectivity index (χ0n) is 13.0. The molecule has 0 N–H and O–H groups in total. The van der Waals surface area contributed by atoms with Crippen LogP contribution in [0.15, 0.2) is 54.6 Å². The second kappa shape index (κ2) is 9.00. The van der Waals surface area contributed by atoms with E-state index in [1.807, 2.05) is 30.3 Å². The van der Waals surface area contributed by atoms with E-state index in [1.54, 1.807) is 24.3 Å². The van der Waals surface area contributed by atoms with Crippen LogP contribution in [0.2, 0.25) is 0 Å². The summed E-state index contributed by atoms with van der Waals surface area (Å²) in [5.74, 6) is 0.725. The van der Waals surface area contributed by atoms with Crippen LogP contribution < -0.4 is 4.74 Å². The number of hydrogen-bond donors (Lipinski definition) is 0. The molecule has 0 saturated carbocycles. The summed E-state index contributed by atoms with van der Waals surface area (Å²) in [5, 5.41) is 0. The van der Waals surface area contributed by atoms with E-state index < -0.39 is 0 Å². The second-order valence-electron chi connectivity index (χ2n) is 5.10. The highest BCUT2D eigenvalue weighted by Crippen LogP contribution is 2.15. The molecule has 2 aromatic rings. The molecule has 0 aliphatic heterocycles. The van der Waals surface area contributed by atoms with Gasteiger partial charge in [-0.15, -0.1) is 0 Å². The van der Waals surface area contributed by atoms with E-state index in [-0.39, 0.29) is 12.6 Å². The number of unbranched alkanes of at least 4 members (excludes halogenated alkanes) is 2. The zero-order chi connectivity index (χ0) is 15.6. The van der Waals surface area contributed by atoms with Crippen LogP contribution >= 0.6 is 0 Å². The van der Waals surface area contributed by atoms with Crippen molar-refractivity contribution in [3.05, 3.63) is 65.7 Å². The Kier molecular flexibility index (Phi) is 6.65. The Morgan fingerprint density at radius 3 is 2.27 bits per heavy atom. The fourth-order valence-electron chi connectivity index (χ4n) is 2.08. The molecule has 0 radical (unpaired) electrons. The molecule has 3 heteroatoms. The fourth-order valence-corrected chi connectivity index (χ4v) is 2.08. The van der Waals surface area contributed by atoms with Crippen LogP contribution in [0.4, 0.5) is 0 Å². The van der Waals surface area contributed by atoms with Gasteiger partial charge in [0.1, 0.15) is 5.75 Å². The first-order valence-electron chi connectivity index (χ1n) is 7.71. The van der Waals surface area contributed by atoms with E-state index in [1.165, 1.54) is 12.8 Å². The smallest absolute Gasteiger partial charge is 0.193 e. The average Bonchev–Trinajstić information content (AvgIpc) is 2.59. The third kappa shape index (κ3) is 5.01. The van der Waals surface area contributed by atoms with Crippen LogP contribution in [0.5, 0.6) is 5.75 Å². The summed E-state index contributed by atoms with van der Waals surface area (Å²) in [6.45, 7) is 3.13. The lowest BCUT2D eigenvalue weighted by molar-refractivity contribution is 0.0136. The lowest BCUT2D eigenvalue weighted by Gasteiger charge is -2.08. The molecule has 0 aliphatic rings. The Bertz CT molecular complexity index is 561. The van der Waals surface area contributed by atoms with E-state index in [0.29, 0.717) is 16.9 Å². The van der Waals surface area contributed by atoms with Crippen molar-refractivity contribution in [2.45, 2.75) is 26.2 Å². The van der Waals surface area contributed by atoms with Gasteiger partial charge in [0.2, 0.25) is 0 Å². The molecule has 22 heavy (non-hydrogen) atoms. The van der Waals surface area contributed by atoms with Crippen LogP contribution in [0.25, 0.3) is 0 Å². The van der Waals surface area contributed by atoms with Crippen LogP contribution in [-0.4, -0.2) is 19.2 Å². The molecule has 0 bridgehead atoms. The minimum atomic E-state index is 0.0166. The Labute approximate surface area is 131 Å². The summed E-state index contributed by atoms with van der Waals surface area (Å²) in [7, 11) is 0. The predicted octanol–water partition coefficient (Wildman–Crippen LogP) is 4.46. The van der Waals surface area contributed by atoms with Gasteiger partial charge in [-0.1, -0.05) is 50.1 Å². The first kappa shape index (κ1) is 16.2. The summed E-state index contributed by atoms with van der Waals surface area (Å²) < 4.78 is 10.9. The van der Waals surface area contributed by atoms with Crippen molar-refractivity contribution in [2.75, 3.05) is 13.4 Å². The van der Waals surface area contributed by atoms with Gasteiger partial charge in [0.05, 0.1) is 6.61 Å². The van der Waals surface area contributed by atoms with E-state index >= 15 is 0 Å². The number of carbonyl (C=O) groups is 1. The van der Waals surface area contributed by atoms with Gasteiger partial charge in [-0.25, -0.2) is 0 Å². The quantitative estimate of drug-likeness (QED) is 0.389. The number of rotatable bonds is 9. The third-order valence-corrected chi connectivity index (χ3v) is 3.35. The second-order valence-corrected chi connectivity index (χ2v) is 5.10. The van der Waals surface area contributed by atoms with Gasteiger partial charge in [0.15, 0.2) is 12.6 Å². The Balaban J connectivity index is 1.82. The maximum Gasteiger partial charge on any atom is 0.193 e. The van der Waals surface area contributed by atoms with E-state index in [9.17, 15) is 4.79 Å². The highest BCUT2D eigenvalue weighted by atomic mass is 16.7. The van der Waals surface area contributed by atoms with Gasteiger partial charge < -0.3 is 9.47 Å². The SMILES string of the molecule is CCCCCOCOc1ccc(C(=O)c2ccccc2)cc1. The lowest BCUT2D eigenvalue weighted by atomic mass is 10.0. The molecule has 0 atom stereocenters. The van der Waals surface area contributed by atoms with Crippen LogP contribution in [0, 0.1) is 0 Å². The molecule has 0 heterocycles. The predicted molar refractivity (Wildman–Crippen MR) is 87.3 cm³/mol. The molecule has 2 rings (SSSR count). The van der Waals surface area contributed by atoms with Crippen LogP contribution in [0.3, 0.4) is 0 Å². The van der Waals surface area contributed by atoms with Gasteiger partial charge in [-0.05, 0) is 30.7 Å². The van der Waals surface area contributed by atoms with E-state index in [2.05, 4.69) is 6.92 Å². The van der Waals surface area contributed by atoms with Gasteiger partial charge in [0.25, 0.3) is 0 Å². The van der Waals surface area contributed by atoms with Crippen molar-refractivity contribution in [1.82, 2.24) is 0 Å². The fraction of sp³-hybridized carbons (Fsp3) is 0.316. The first-order chi connectivity index (χ1) is 10.8. The summed E-state index contributed by atoms with van der Waals surface area (Å²) in [4.78, 5) is 12.3. The molecule has 0 amide bonds. The normalized spacial score (nSPS) is 10.4. The molecule has 0 aromatic heterocycles. The molecular formula is C19H22O3. The average molecular weight is 298 g/mol. The molecule has 3 nitrogen and oxygen atoms in total. The topological polar surface area (TPSA) is 35.5 Å².